The zero-order chi connectivity index (χ0) is 77.3. The summed E-state index contributed by atoms with van der Waals surface area (Å²) in [6, 6.07) is 152. The van der Waals surface area contributed by atoms with Gasteiger partial charge in [-0.15, -0.1) is 0 Å². The van der Waals surface area contributed by atoms with Gasteiger partial charge < -0.3 is 18.9 Å². The van der Waals surface area contributed by atoms with Crippen LogP contribution in [0.1, 0.15) is 0 Å². The number of nitrogens with zero attached hydrogens (tertiary/aromatic N) is 8. The Morgan fingerprint density at radius 1 is 0.241 bits per heavy atom. The van der Waals surface area contributed by atoms with E-state index in [0.717, 1.165) is 129 Å². The van der Waals surface area contributed by atoms with Crippen LogP contribution in [0.5, 0.6) is 0 Å². The fraction of sp³-hybridized carbons (Fsp3) is 0. The van der Waals surface area contributed by atoms with Crippen LogP contribution in [0.25, 0.3) is 160 Å². The highest BCUT2D eigenvalue weighted by molar-refractivity contribution is 6.13. The maximum absolute atomic E-state index is 7.48. The molecule has 0 aliphatic carbocycles. The van der Waals surface area contributed by atoms with Gasteiger partial charge in [0.05, 0.1) is 45.5 Å². The normalized spacial score (nSPS) is 11.3. The van der Waals surface area contributed by atoms with Crippen LogP contribution < -0.4 is 9.80 Å². The number of benzene rings is 17. The maximum atomic E-state index is 7.48. The first-order valence-corrected chi connectivity index (χ1v) is 39.1. The third kappa shape index (κ3) is 13.4. The molecule has 0 unspecified atom stereocenters. The highest BCUT2D eigenvalue weighted by atomic mass is 15.1. The molecule has 116 heavy (non-hydrogen) atoms. The van der Waals surface area contributed by atoms with Gasteiger partial charge in [-0.05, 0) is 219 Å². The van der Waals surface area contributed by atoms with E-state index in [0.29, 0.717) is 11.5 Å². The topological polar surface area (TPSA) is 59.4 Å². The van der Waals surface area contributed by atoms with Crippen molar-refractivity contribution in [2.45, 2.75) is 0 Å². The highest BCUT2D eigenvalue weighted by Crippen LogP contribution is 2.44. The molecule has 0 spiro atoms. The minimum Gasteiger partial charge on any atom is -0.310 e. The third-order valence-electron chi connectivity index (χ3n) is 22.0. The summed E-state index contributed by atoms with van der Waals surface area (Å²) >= 11 is 0. The maximum Gasteiger partial charge on any atom is 0.187 e. The van der Waals surface area contributed by atoms with Crippen molar-refractivity contribution in [1.29, 1.82) is 0 Å². The first-order valence-electron chi connectivity index (χ1n) is 39.1. The molecule has 4 aromatic heterocycles. The van der Waals surface area contributed by atoms with E-state index in [1.165, 1.54) is 54.8 Å². The molecule has 17 aromatic carbocycles. The van der Waals surface area contributed by atoms with Crippen molar-refractivity contribution in [2.24, 2.45) is 0 Å². The van der Waals surface area contributed by atoms with Crippen LogP contribution in [-0.4, -0.2) is 24.1 Å². The summed E-state index contributed by atoms with van der Waals surface area (Å²) in [6.45, 7) is 7.48. The number of aromatic nitrogens is 5. The molecule has 0 amide bonds. The molecule has 8 heteroatoms. The van der Waals surface area contributed by atoms with E-state index in [1.807, 2.05) is 72.9 Å². The van der Waals surface area contributed by atoms with Gasteiger partial charge in [-0.25, -0.2) is 14.8 Å². The molecular formula is C108H72N8. The van der Waals surface area contributed by atoms with E-state index in [-0.39, 0.29) is 0 Å². The second-order valence-electron chi connectivity index (χ2n) is 29.0. The Bertz CT molecular complexity index is 7090. The zero-order valence-electron chi connectivity index (χ0n) is 63.1. The summed E-state index contributed by atoms with van der Waals surface area (Å²) in [7, 11) is 0. The summed E-state index contributed by atoms with van der Waals surface area (Å²) in [5.41, 5.74) is 29.1. The van der Waals surface area contributed by atoms with Gasteiger partial charge >= 0.3 is 0 Å². The lowest BCUT2D eigenvalue weighted by Crippen LogP contribution is -2.09. The summed E-state index contributed by atoms with van der Waals surface area (Å²) < 4.78 is 4.75. The minimum atomic E-state index is 0.629. The first kappa shape index (κ1) is 69.4. The van der Waals surface area contributed by atoms with Crippen molar-refractivity contribution in [3.05, 3.63) is 448 Å². The van der Waals surface area contributed by atoms with Gasteiger partial charge in [0.25, 0.3) is 0 Å². The monoisotopic (exact) mass is 1480 g/mol. The molecule has 8 nitrogen and oxygen atoms in total. The number of anilines is 6. The second-order valence-corrected chi connectivity index (χ2v) is 29.0. The van der Waals surface area contributed by atoms with Crippen LogP contribution in [0.15, 0.2) is 437 Å². The number of rotatable bonds is 15. The molecule has 0 aliphatic rings. The predicted octanol–water partition coefficient (Wildman–Crippen LogP) is 29.2. The van der Waals surface area contributed by atoms with E-state index < -0.39 is 0 Å². The predicted molar refractivity (Wildman–Crippen MR) is 484 cm³/mol. The molecule has 0 N–H and O–H groups in total. The smallest absolute Gasteiger partial charge is 0.187 e. The Kier molecular flexibility index (Phi) is 18.2. The highest BCUT2D eigenvalue weighted by Gasteiger charge is 2.21. The number of hydrogen-bond acceptors (Lipinski definition) is 5. The molecule has 0 saturated carbocycles. The van der Waals surface area contributed by atoms with Gasteiger partial charge in [0.1, 0.15) is 0 Å². The van der Waals surface area contributed by atoms with E-state index in [4.69, 9.17) is 16.5 Å². The molecule has 0 fully saturated rings. The Morgan fingerprint density at radius 3 is 1.18 bits per heavy atom. The van der Waals surface area contributed by atoms with Crippen LogP contribution >= 0.6 is 0 Å². The van der Waals surface area contributed by atoms with Gasteiger partial charge in [-0.1, -0.05) is 267 Å². The Labute approximate surface area is 672 Å². The van der Waals surface area contributed by atoms with Crippen molar-refractivity contribution in [3.8, 4) is 89.8 Å². The largest absolute Gasteiger partial charge is 0.310 e. The molecule has 4 heterocycles. The Balaban J connectivity index is 0.000000153. The molecule has 544 valence electrons. The van der Waals surface area contributed by atoms with E-state index in [2.05, 4.69) is 393 Å². The SMILES string of the molecule is [C-]#[N+]c1ccc(-c2ccc3c(c2)c2cc(-c4cccc(N(c5ccccc5)c5ccccc5)c4)ccc2n3-c2ccc(-c3cc(-c4ccccc4)nc(-c4ccccc4)n3)cc2)cc1.c1ccc(N(c2ccccc2)c2ccc3ccc(-c4ccc5c(c4)c4ccccc4n5-c4ccc(-c5ccnc6ccccc56)cc4)cc3c2)cc1. The molecule has 0 bridgehead atoms. The van der Waals surface area contributed by atoms with E-state index >= 15 is 0 Å². The van der Waals surface area contributed by atoms with Crippen LogP contribution in [0, 0.1) is 6.57 Å². The fourth-order valence-electron chi connectivity index (χ4n) is 16.4. The van der Waals surface area contributed by atoms with Crippen molar-refractivity contribution in [1.82, 2.24) is 24.1 Å². The van der Waals surface area contributed by atoms with Gasteiger partial charge in [-0.3, -0.25) is 4.98 Å². The van der Waals surface area contributed by atoms with Gasteiger partial charge in [0, 0.05) is 95.3 Å². The molecule has 21 rings (SSSR count). The van der Waals surface area contributed by atoms with Gasteiger partial charge in [0.2, 0.25) is 0 Å². The Hall–Kier alpha value is -15.8. The number of hydrogen-bond donors (Lipinski definition) is 0. The number of pyridine rings is 1. The summed E-state index contributed by atoms with van der Waals surface area (Å²) in [5.74, 6) is 0.692. The van der Waals surface area contributed by atoms with Crippen molar-refractivity contribution >= 4 is 105 Å². The van der Waals surface area contributed by atoms with Crippen LogP contribution in [0.2, 0.25) is 0 Å². The average Bonchev–Trinajstić information content (AvgIpc) is 1.59. The number of para-hydroxylation sites is 6. The van der Waals surface area contributed by atoms with Gasteiger partial charge in [0.15, 0.2) is 11.5 Å². The van der Waals surface area contributed by atoms with Gasteiger partial charge in [-0.2, -0.15) is 0 Å². The second kappa shape index (κ2) is 30.5. The Morgan fingerprint density at radius 2 is 0.629 bits per heavy atom. The third-order valence-corrected chi connectivity index (χ3v) is 22.0. The van der Waals surface area contributed by atoms with E-state index in [1.54, 1.807) is 0 Å². The minimum absolute atomic E-state index is 0.629. The molecular weight excluding hydrogens is 1410 g/mol. The first-order chi connectivity index (χ1) is 57.4. The lowest BCUT2D eigenvalue weighted by molar-refractivity contribution is 1.17. The van der Waals surface area contributed by atoms with Crippen molar-refractivity contribution in [3.63, 3.8) is 0 Å². The molecule has 0 saturated heterocycles. The summed E-state index contributed by atoms with van der Waals surface area (Å²) in [4.78, 5) is 22.9. The fourth-order valence-corrected chi connectivity index (χ4v) is 16.4. The molecule has 0 radical (unpaired) electrons. The lowest BCUT2D eigenvalue weighted by Gasteiger charge is -2.26. The summed E-state index contributed by atoms with van der Waals surface area (Å²) in [5, 5.41) is 8.37. The quantitative estimate of drug-likeness (QED) is 0.0958. The molecule has 0 atom stereocenters. The zero-order valence-corrected chi connectivity index (χ0v) is 63.1. The standard InChI is InChI=1S/C59H39N5.C49H33N3/c1-60-48-31-25-41(26-32-48)46-29-35-57-53(38-46)54-39-47(45-19-14-24-52(37-45)63(49-20-10-4-11-21-49)50-22-12-5-13-23-50)30-36-58(54)64(57)51-33-27-43(28-34-51)56-40-55(42-15-6-2-7-16-42)61-59(62-56)44-17-8-3-9-18-44;1-3-11-39(12-4-1)51(40-13-5-2-6-14-40)42-27-21-34-19-20-36(31-38(34)32-42)37-24-28-49-46(33-37)45-16-8-10-18-48(45)52(49)41-25-22-35(23-26-41)43-29-30-50-47-17-9-7-15-44(43)47/h2-40H;1-33H. The summed E-state index contributed by atoms with van der Waals surface area (Å²) in [6.07, 6.45) is 1.90. The van der Waals surface area contributed by atoms with Crippen LogP contribution in [0.3, 0.4) is 0 Å². The van der Waals surface area contributed by atoms with E-state index in [9.17, 15) is 0 Å². The lowest BCUT2D eigenvalue weighted by atomic mass is 9.99. The average molecular weight is 1480 g/mol. The van der Waals surface area contributed by atoms with Crippen LogP contribution in [0.4, 0.5) is 39.8 Å². The number of fused-ring (bicyclic) bond motifs is 8. The van der Waals surface area contributed by atoms with Crippen molar-refractivity contribution < 1.29 is 0 Å². The molecule has 21 aromatic rings. The van der Waals surface area contributed by atoms with Crippen molar-refractivity contribution in [2.75, 3.05) is 9.80 Å². The van der Waals surface area contributed by atoms with Crippen LogP contribution in [-0.2, 0) is 0 Å². The molecule has 0 aliphatic heterocycles.